The number of hydrogen-bond acceptors (Lipinski definition) is 5. The molecule has 1 saturated carbocycles. The van der Waals surface area contributed by atoms with Crippen LogP contribution in [0.1, 0.15) is 50.7 Å². The highest BCUT2D eigenvalue weighted by Gasteiger charge is 2.31. The van der Waals surface area contributed by atoms with Gasteiger partial charge in [-0.25, -0.2) is 13.1 Å². The molecule has 0 spiro atoms. The van der Waals surface area contributed by atoms with E-state index in [-0.39, 0.29) is 34.6 Å². The van der Waals surface area contributed by atoms with Crippen LogP contribution in [0, 0.1) is 11.8 Å². The zero-order valence-electron chi connectivity index (χ0n) is 19.7. The predicted molar refractivity (Wildman–Crippen MR) is 129 cm³/mol. The zero-order chi connectivity index (χ0) is 24.3. The number of carbonyl (C=O) groups is 2. The first kappa shape index (κ1) is 24.3. The van der Waals surface area contributed by atoms with Crippen molar-refractivity contribution >= 4 is 27.5 Å². The first-order valence-electron chi connectivity index (χ1n) is 11.8. The number of hydrogen-bond donors (Lipinski definition) is 2. The van der Waals surface area contributed by atoms with Gasteiger partial charge in [-0.05, 0) is 80.3 Å². The highest BCUT2D eigenvalue weighted by atomic mass is 32.2. The molecule has 1 aromatic heterocycles. The maximum absolute atomic E-state index is 12.9. The third kappa shape index (κ3) is 5.47. The molecule has 1 aromatic carbocycles. The molecule has 0 saturated heterocycles. The van der Waals surface area contributed by atoms with Crippen LogP contribution in [0.3, 0.4) is 0 Å². The molecule has 1 aliphatic carbocycles. The van der Waals surface area contributed by atoms with Crippen molar-refractivity contribution in [3.63, 3.8) is 0 Å². The van der Waals surface area contributed by atoms with Crippen LogP contribution in [0.5, 0.6) is 0 Å². The van der Waals surface area contributed by atoms with Gasteiger partial charge in [0.05, 0.1) is 4.90 Å². The fourth-order valence-corrected chi connectivity index (χ4v) is 6.20. The summed E-state index contributed by atoms with van der Waals surface area (Å²) in [6.07, 6.45) is 7.21. The summed E-state index contributed by atoms with van der Waals surface area (Å²) >= 11 is 0. The van der Waals surface area contributed by atoms with Crippen molar-refractivity contribution in [3.05, 3.63) is 53.9 Å². The fraction of sp³-hybridized carbons (Fsp3) is 0.480. The van der Waals surface area contributed by atoms with Gasteiger partial charge in [0.25, 0.3) is 0 Å². The van der Waals surface area contributed by atoms with Crippen LogP contribution in [0.25, 0.3) is 0 Å². The highest BCUT2D eigenvalue weighted by Crippen LogP contribution is 2.34. The molecule has 2 amide bonds. The maximum Gasteiger partial charge on any atom is 0.240 e. The van der Waals surface area contributed by atoms with Crippen LogP contribution in [-0.4, -0.2) is 37.8 Å². The molecule has 182 valence electrons. The van der Waals surface area contributed by atoms with E-state index in [0.29, 0.717) is 19.5 Å². The molecule has 1 unspecified atom stereocenters. The van der Waals surface area contributed by atoms with E-state index in [2.05, 4.69) is 15.0 Å². The molecular formula is C25H32N4O4S. The summed E-state index contributed by atoms with van der Waals surface area (Å²) in [5.41, 5.74) is 2.64. The molecule has 4 rings (SSSR count). The summed E-state index contributed by atoms with van der Waals surface area (Å²) in [6, 6.07) is 8.77. The minimum absolute atomic E-state index is 0.0233. The Kier molecular flexibility index (Phi) is 7.33. The predicted octanol–water partition coefficient (Wildman–Crippen LogP) is 2.78. The minimum Gasteiger partial charge on any atom is -0.352 e. The van der Waals surface area contributed by atoms with Crippen molar-refractivity contribution in [1.82, 2.24) is 15.0 Å². The standard InChI is InChI=1S/C25H32N4O4S/c1-17-12-22-13-23(9-10-24(22)29(17)18(2)30)34(32,33)28-16-19-5-7-21(8-6-19)25(31)27-15-20-4-3-11-26-14-20/h3-4,9-11,13-14,17,19,21,28H,5-8,12,15-16H2,1-2H3,(H,27,31). The molecule has 1 fully saturated rings. The van der Waals surface area contributed by atoms with Crippen LogP contribution >= 0.6 is 0 Å². The van der Waals surface area contributed by atoms with Gasteiger partial charge >= 0.3 is 0 Å². The Morgan fingerprint density at radius 2 is 1.91 bits per heavy atom. The largest absolute Gasteiger partial charge is 0.352 e. The van der Waals surface area contributed by atoms with E-state index in [0.717, 1.165) is 42.5 Å². The Morgan fingerprint density at radius 1 is 1.15 bits per heavy atom. The number of sulfonamides is 1. The van der Waals surface area contributed by atoms with Gasteiger partial charge in [0, 0.05) is 50.1 Å². The molecule has 0 bridgehead atoms. The molecule has 2 aromatic rings. The summed E-state index contributed by atoms with van der Waals surface area (Å²) in [7, 11) is -3.64. The van der Waals surface area contributed by atoms with Crippen molar-refractivity contribution in [2.75, 3.05) is 11.4 Å². The number of amides is 2. The lowest BCUT2D eigenvalue weighted by molar-refractivity contribution is -0.126. The van der Waals surface area contributed by atoms with Crippen molar-refractivity contribution in [1.29, 1.82) is 0 Å². The number of anilines is 1. The normalized spacial score (nSPS) is 22.3. The van der Waals surface area contributed by atoms with Crippen LogP contribution in [0.15, 0.2) is 47.6 Å². The lowest BCUT2D eigenvalue weighted by atomic mass is 9.81. The lowest BCUT2D eigenvalue weighted by Crippen LogP contribution is -2.36. The van der Waals surface area contributed by atoms with Gasteiger partial charge in [0.2, 0.25) is 21.8 Å². The summed E-state index contributed by atoms with van der Waals surface area (Å²) < 4.78 is 28.6. The van der Waals surface area contributed by atoms with E-state index < -0.39 is 10.0 Å². The summed E-state index contributed by atoms with van der Waals surface area (Å²) in [5.74, 6) is 0.184. The van der Waals surface area contributed by atoms with Crippen LogP contribution < -0.4 is 14.9 Å². The maximum atomic E-state index is 12.9. The van der Waals surface area contributed by atoms with Gasteiger partial charge in [-0.2, -0.15) is 0 Å². The van der Waals surface area contributed by atoms with Gasteiger partial charge in [0.1, 0.15) is 0 Å². The van der Waals surface area contributed by atoms with E-state index in [1.54, 1.807) is 35.5 Å². The molecule has 9 heteroatoms. The van der Waals surface area contributed by atoms with Crippen molar-refractivity contribution in [2.24, 2.45) is 11.8 Å². The Balaban J connectivity index is 1.27. The smallest absolute Gasteiger partial charge is 0.240 e. The average Bonchev–Trinajstić information content (AvgIpc) is 3.17. The first-order chi connectivity index (χ1) is 16.2. The van der Waals surface area contributed by atoms with E-state index in [9.17, 15) is 18.0 Å². The van der Waals surface area contributed by atoms with Crippen molar-refractivity contribution in [2.45, 2.75) is 63.4 Å². The molecule has 0 radical (unpaired) electrons. The monoisotopic (exact) mass is 484 g/mol. The third-order valence-corrected chi connectivity index (χ3v) is 8.31. The molecule has 2 N–H and O–H groups in total. The summed E-state index contributed by atoms with van der Waals surface area (Å²) in [5, 5.41) is 2.98. The summed E-state index contributed by atoms with van der Waals surface area (Å²) in [4.78, 5) is 30.4. The quantitative estimate of drug-likeness (QED) is 0.628. The van der Waals surface area contributed by atoms with E-state index in [1.807, 2.05) is 19.1 Å². The second-order valence-corrected chi connectivity index (χ2v) is 11.1. The number of aromatic nitrogens is 1. The number of pyridine rings is 1. The van der Waals surface area contributed by atoms with Crippen LogP contribution in [-0.2, 0) is 32.6 Å². The second kappa shape index (κ2) is 10.2. The van der Waals surface area contributed by atoms with Crippen LogP contribution in [0.4, 0.5) is 5.69 Å². The Morgan fingerprint density at radius 3 is 2.59 bits per heavy atom. The number of nitrogens with one attached hydrogen (secondary N) is 2. The lowest BCUT2D eigenvalue weighted by Gasteiger charge is -2.28. The number of nitrogens with zero attached hydrogens (tertiary/aromatic N) is 2. The Bertz CT molecular complexity index is 1140. The SMILES string of the molecule is CC(=O)N1c2ccc(S(=O)(=O)NCC3CCC(C(=O)NCc4cccnc4)CC3)cc2CC1C. The number of rotatable bonds is 7. The van der Waals surface area contributed by atoms with Crippen LogP contribution in [0.2, 0.25) is 0 Å². The average molecular weight is 485 g/mol. The molecule has 1 aliphatic heterocycles. The van der Waals surface area contributed by atoms with E-state index >= 15 is 0 Å². The van der Waals surface area contributed by atoms with Gasteiger partial charge in [0.15, 0.2) is 0 Å². The van der Waals surface area contributed by atoms with Crippen molar-refractivity contribution in [3.8, 4) is 0 Å². The number of carbonyl (C=O) groups excluding carboxylic acids is 2. The van der Waals surface area contributed by atoms with E-state index in [4.69, 9.17) is 0 Å². The molecule has 2 aliphatic rings. The minimum atomic E-state index is -3.64. The third-order valence-electron chi connectivity index (χ3n) is 6.89. The van der Waals surface area contributed by atoms with Gasteiger partial charge in [-0.1, -0.05) is 6.07 Å². The molecular weight excluding hydrogens is 452 g/mol. The van der Waals surface area contributed by atoms with Crippen molar-refractivity contribution < 1.29 is 18.0 Å². The first-order valence-corrected chi connectivity index (χ1v) is 13.3. The molecule has 34 heavy (non-hydrogen) atoms. The molecule has 8 nitrogen and oxygen atoms in total. The van der Waals surface area contributed by atoms with Gasteiger partial charge in [-0.15, -0.1) is 0 Å². The number of fused-ring (bicyclic) bond motifs is 1. The zero-order valence-corrected chi connectivity index (χ0v) is 20.5. The summed E-state index contributed by atoms with van der Waals surface area (Å²) in [6.45, 7) is 4.32. The Labute approximate surface area is 201 Å². The number of benzene rings is 1. The van der Waals surface area contributed by atoms with Gasteiger partial charge < -0.3 is 10.2 Å². The molecule has 1 atom stereocenters. The second-order valence-electron chi connectivity index (χ2n) is 9.38. The fourth-order valence-electron chi connectivity index (χ4n) is 5.03. The highest BCUT2D eigenvalue weighted by molar-refractivity contribution is 7.89. The van der Waals surface area contributed by atoms with Gasteiger partial charge in [-0.3, -0.25) is 14.6 Å². The molecule has 2 heterocycles. The van der Waals surface area contributed by atoms with E-state index in [1.165, 1.54) is 6.92 Å². The Hall–Kier alpha value is -2.78. The topological polar surface area (TPSA) is 108 Å².